The van der Waals surface area contributed by atoms with Gasteiger partial charge in [-0.3, -0.25) is 4.68 Å². The van der Waals surface area contributed by atoms with Crippen molar-refractivity contribution in [1.29, 1.82) is 0 Å². The molecule has 0 saturated carbocycles. The molecule has 0 amide bonds. The van der Waals surface area contributed by atoms with Gasteiger partial charge in [0.1, 0.15) is 0 Å². The second-order valence-corrected chi connectivity index (χ2v) is 4.34. The molecule has 0 unspecified atom stereocenters. The van der Waals surface area contributed by atoms with Crippen molar-refractivity contribution in [3.8, 4) is 0 Å². The Labute approximate surface area is 91.1 Å². The van der Waals surface area contributed by atoms with E-state index in [1.807, 2.05) is 11.7 Å². The first-order valence-corrected chi connectivity index (χ1v) is 5.66. The van der Waals surface area contributed by atoms with E-state index in [-0.39, 0.29) is 0 Å². The van der Waals surface area contributed by atoms with Crippen LogP contribution in [0.1, 0.15) is 24.2 Å². The third kappa shape index (κ3) is 2.15. The second-order valence-electron chi connectivity index (χ2n) is 4.34. The molecule has 1 aromatic rings. The van der Waals surface area contributed by atoms with Crippen LogP contribution in [0.2, 0.25) is 0 Å². The fraction of sp³-hybridized carbons (Fsp3) is 0.727. The molecule has 2 heterocycles. The number of nitrogens with one attached hydrogen (secondary N) is 2. The van der Waals surface area contributed by atoms with E-state index in [0.717, 1.165) is 18.8 Å². The van der Waals surface area contributed by atoms with Gasteiger partial charge in [0, 0.05) is 13.1 Å². The van der Waals surface area contributed by atoms with Crippen LogP contribution in [-0.4, -0.2) is 28.9 Å². The molecule has 0 spiro atoms. The Morgan fingerprint density at radius 3 is 2.53 bits per heavy atom. The number of piperidine rings is 1. The van der Waals surface area contributed by atoms with Crippen LogP contribution in [0.3, 0.4) is 0 Å². The van der Waals surface area contributed by atoms with Gasteiger partial charge < -0.3 is 10.6 Å². The van der Waals surface area contributed by atoms with Crippen LogP contribution >= 0.6 is 0 Å². The highest BCUT2D eigenvalue weighted by atomic mass is 15.3. The fourth-order valence-corrected chi connectivity index (χ4v) is 2.15. The van der Waals surface area contributed by atoms with Crippen LogP contribution in [-0.2, 0) is 7.05 Å². The van der Waals surface area contributed by atoms with Gasteiger partial charge in [0.15, 0.2) is 0 Å². The average Bonchev–Trinajstić information content (AvgIpc) is 2.47. The first-order chi connectivity index (χ1) is 7.18. The smallest absolute Gasteiger partial charge is 0.0827 e. The molecular weight excluding hydrogens is 188 g/mol. The summed E-state index contributed by atoms with van der Waals surface area (Å²) in [6, 6.07) is 0.604. The molecule has 1 aliphatic rings. The summed E-state index contributed by atoms with van der Waals surface area (Å²) < 4.78 is 1.94. The zero-order valence-corrected chi connectivity index (χ0v) is 9.80. The Balaban J connectivity index is 2.09. The van der Waals surface area contributed by atoms with Crippen molar-refractivity contribution in [1.82, 2.24) is 15.1 Å². The number of aryl methyl sites for hydroxylation is 2. The highest BCUT2D eigenvalue weighted by Gasteiger charge is 2.16. The first kappa shape index (κ1) is 10.5. The fourth-order valence-electron chi connectivity index (χ4n) is 2.15. The molecule has 0 bridgehead atoms. The Hall–Kier alpha value is -1.03. The largest absolute Gasteiger partial charge is 0.379 e. The maximum absolute atomic E-state index is 4.41. The molecule has 0 radical (unpaired) electrons. The lowest BCUT2D eigenvalue weighted by Gasteiger charge is -2.24. The van der Waals surface area contributed by atoms with Crippen molar-refractivity contribution in [2.45, 2.75) is 32.7 Å². The number of anilines is 1. The molecule has 0 aliphatic carbocycles. The number of hydrogen-bond acceptors (Lipinski definition) is 3. The van der Waals surface area contributed by atoms with Gasteiger partial charge in [-0.15, -0.1) is 0 Å². The maximum Gasteiger partial charge on any atom is 0.0827 e. The number of aromatic nitrogens is 2. The zero-order chi connectivity index (χ0) is 10.8. The third-order valence-corrected chi connectivity index (χ3v) is 3.20. The van der Waals surface area contributed by atoms with E-state index >= 15 is 0 Å². The molecule has 1 saturated heterocycles. The minimum Gasteiger partial charge on any atom is -0.379 e. The second kappa shape index (κ2) is 4.23. The predicted molar refractivity (Wildman–Crippen MR) is 62.2 cm³/mol. The molecule has 2 rings (SSSR count). The molecule has 4 nitrogen and oxygen atoms in total. The lowest BCUT2D eigenvalue weighted by molar-refractivity contribution is 0.479. The first-order valence-electron chi connectivity index (χ1n) is 5.66. The number of rotatable bonds is 2. The van der Waals surface area contributed by atoms with E-state index < -0.39 is 0 Å². The van der Waals surface area contributed by atoms with Gasteiger partial charge in [0.2, 0.25) is 0 Å². The van der Waals surface area contributed by atoms with Gasteiger partial charge in [0.05, 0.1) is 17.1 Å². The highest BCUT2D eigenvalue weighted by molar-refractivity contribution is 5.52. The van der Waals surface area contributed by atoms with Crippen molar-refractivity contribution in [2.24, 2.45) is 7.05 Å². The van der Waals surface area contributed by atoms with Crippen LogP contribution in [0, 0.1) is 13.8 Å². The van der Waals surface area contributed by atoms with Crippen molar-refractivity contribution < 1.29 is 0 Å². The maximum atomic E-state index is 4.41. The Kier molecular flexibility index (Phi) is 2.95. The van der Waals surface area contributed by atoms with E-state index in [1.54, 1.807) is 0 Å². The molecular formula is C11H20N4. The summed E-state index contributed by atoms with van der Waals surface area (Å²) in [7, 11) is 2.00. The summed E-state index contributed by atoms with van der Waals surface area (Å²) in [6.45, 7) is 6.42. The van der Waals surface area contributed by atoms with E-state index in [9.17, 15) is 0 Å². The van der Waals surface area contributed by atoms with Gasteiger partial charge in [-0.2, -0.15) is 5.10 Å². The summed E-state index contributed by atoms with van der Waals surface area (Å²) in [4.78, 5) is 0. The Morgan fingerprint density at radius 2 is 2.00 bits per heavy atom. The minimum atomic E-state index is 0.604. The molecule has 1 aromatic heterocycles. The van der Waals surface area contributed by atoms with E-state index in [4.69, 9.17) is 0 Å². The standard InChI is InChI=1S/C11H20N4/c1-8-11(9(2)15(3)14-8)13-10-4-6-12-7-5-10/h10,12-13H,4-7H2,1-3H3. The molecule has 2 N–H and O–H groups in total. The van der Waals surface area contributed by atoms with Gasteiger partial charge in [-0.05, 0) is 39.8 Å². The molecule has 84 valence electrons. The lowest BCUT2D eigenvalue weighted by atomic mass is 10.1. The van der Waals surface area contributed by atoms with Crippen LogP contribution < -0.4 is 10.6 Å². The third-order valence-electron chi connectivity index (χ3n) is 3.20. The Morgan fingerprint density at radius 1 is 1.33 bits per heavy atom. The van der Waals surface area contributed by atoms with Crippen LogP contribution in [0.25, 0.3) is 0 Å². The summed E-state index contributed by atoms with van der Waals surface area (Å²) in [5.41, 5.74) is 3.56. The van der Waals surface area contributed by atoms with Gasteiger partial charge >= 0.3 is 0 Å². The Bertz CT molecular complexity index is 337. The van der Waals surface area contributed by atoms with E-state index in [2.05, 4.69) is 29.6 Å². The van der Waals surface area contributed by atoms with Crippen molar-refractivity contribution >= 4 is 5.69 Å². The van der Waals surface area contributed by atoms with Crippen molar-refractivity contribution in [3.63, 3.8) is 0 Å². The summed E-state index contributed by atoms with van der Waals surface area (Å²) >= 11 is 0. The minimum absolute atomic E-state index is 0.604. The van der Waals surface area contributed by atoms with Crippen molar-refractivity contribution in [2.75, 3.05) is 18.4 Å². The molecule has 1 aliphatic heterocycles. The molecule has 4 heteroatoms. The normalized spacial score (nSPS) is 18.1. The van der Waals surface area contributed by atoms with Gasteiger partial charge in [0.25, 0.3) is 0 Å². The van der Waals surface area contributed by atoms with Crippen LogP contribution in [0.4, 0.5) is 5.69 Å². The van der Waals surface area contributed by atoms with Gasteiger partial charge in [-0.25, -0.2) is 0 Å². The number of nitrogens with zero attached hydrogens (tertiary/aromatic N) is 2. The summed E-state index contributed by atoms with van der Waals surface area (Å²) in [5, 5.41) is 11.4. The van der Waals surface area contributed by atoms with E-state index in [1.165, 1.54) is 24.2 Å². The molecule has 0 aromatic carbocycles. The van der Waals surface area contributed by atoms with Crippen molar-refractivity contribution in [3.05, 3.63) is 11.4 Å². The molecule has 1 fully saturated rings. The summed E-state index contributed by atoms with van der Waals surface area (Å²) in [6.07, 6.45) is 2.40. The number of hydrogen-bond donors (Lipinski definition) is 2. The predicted octanol–water partition coefficient (Wildman–Crippen LogP) is 1.20. The highest BCUT2D eigenvalue weighted by Crippen LogP contribution is 2.21. The van der Waals surface area contributed by atoms with E-state index in [0.29, 0.717) is 6.04 Å². The van der Waals surface area contributed by atoms with Crippen LogP contribution in [0.15, 0.2) is 0 Å². The monoisotopic (exact) mass is 208 g/mol. The SMILES string of the molecule is Cc1nn(C)c(C)c1NC1CCNCC1. The molecule has 0 atom stereocenters. The molecule has 15 heavy (non-hydrogen) atoms. The topological polar surface area (TPSA) is 41.9 Å². The average molecular weight is 208 g/mol. The quantitative estimate of drug-likeness (QED) is 0.767. The summed E-state index contributed by atoms with van der Waals surface area (Å²) in [5.74, 6) is 0. The lowest BCUT2D eigenvalue weighted by Crippen LogP contribution is -2.35. The van der Waals surface area contributed by atoms with Crippen LogP contribution in [0.5, 0.6) is 0 Å². The van der Waals surface area contributed by atoms with Gasteiger partial charge in [-0.1, -0.05) is 0 Å². The zero-order valence-electron chi connectivity index (χ0n) is 9.80.